The number of ether oxygens (including phenoxy) is 1. The minimum absolute atomic E-state index is 0.0198. The van der Waals surface area contributed by atoms with E-state index in [1.54, 1.807) is 24.3 Å². The molecule has 3 rings (SSSR count). The number of aliphatic hydroxyl groups excluding tert-OH is 1. The molecular weight excluding hydrogens is 404 g/mol. The molecule has 2 aliphatic carbocycles. The highest BCUT2D eigenvalue weighted by molar-refractivity contribution is 5.89. The molecular formula is C27H36O5. The standard InChI is InChI=1S/C27H36O5/c1-18(13-16-28)11-12-21-19(2)17-22(32-24(29)20-9-6-5-7-10-20)23-26(21,3)14-8-15-27(23,4)25(30)31/h5-7,9-10,13,21-23,28H,2,8,11-12,14-17H2,1,3-4H3,(H,30,31)/b18-13+/t21?,22?,23?,26?,27-/m1/s1. The van der Waals surface area contributed by atoms with E-state index in [9.17, 15) is 19.8 Å². The SMILES string of the molecule is C=C1CC(OC(=O)c2ccccc2)C2C(C)(CCC[C@@]2(C)C(=O)O)C1CC/C(C)=C/CO. The van der Waals surface area contributed by atoms with Gasteiger partial charge in [0.2, 0.25) is 0 Å². The molecule has 0 bridgehead atoms. The van der Waals surface area contributed by atoms with Crippen molar-refractivity contribution in [2.24, 2.45) is 22.7 Å². The minimum Gasteiger partial charge on any atom is -0.481 e. The maximum Gasteiger partial charge on any atom is 0.338 e. The summed E-state index contributed by atoms with van der Waals surface area (Å²) >= 11 is 0. The van der Waals surface area contributed by atoms with E-state index in [0.717, 1.165) is 36.8 Å². The lowest BCUT2D eigenvalue weighted by Gasteiger charge is -2.59. The second-order valence-electron chi connectivity index (χ2n) is 10.1. The zero-order chi connectivity index (χ0) is 23.5. The number of carbonyl (C=O) groups excluding carboxylic acids is 1. The topological polar surface area (TPSA) is 83.8 Å². The molecule has 0 saturated heterocycles. The lowest BCUT2D eigenvalue weighted by Crippen LogP contribution is -2.59. The van der Waals surface area contributed by atoms with Crippen molar-refractivity contribution in [3.05, 3.63) is 59.7 Å². The Labute approximate surface area is 191 Å². The van der Waals surface area contributed by atoms with Crippen LogP contribution in [0.25, 0.3) is 0 Å². The third-order valence-corrected chi connectivity index (χ3v) is 7.96. The molecule has 2 saturated carbocycles. The van der Waals surface area contributed by atoms with Gasteiger partial charge in [0, 0.05) is 12.3 Å². The van der Waals surface area contributed by atoms with Crippen LogP contribution in [0.4, 0.5) is 0 Å². The third kappa shape index (κ3) is 4.54. The number of carboxylic acid groups (broad SMARTS) is 1. The van der Waals surface area contributed by atoms with Gasteiger partial charge < -0.3 is 14.9 Å². The van der Waals surface area contributed by atoms with Crippen LogP contribution in [0.3, 0.4) is 0 Å². The fourth-order valence-electron chi connectivity index (χ4n) is 6.38. The summed E-state index contributed by atoms with van der Waals surface area (Å²) in [7, 11) is 0. The molecule has 0 heterocycles. The van der Waals surface area contributed by atoms with Crippen LogP contribution in [0, 0.1) is 22.7 Å². The first-order valence-corrected chi connectivity index (χ1v) is 11.6. The summed E-state index contributed by atoms with van der Waals surface area (Å²) in [6.07, 6.45) is 5.73. The first-order chi connectivity index (χ1) is 15.1. The van der Waals surface area contributed by atoms with Crippen LogP contribution in [0.15, 0.2) is 54.1 Å². The lowest BCUT2D eigenvalue weighted by molar-refractivity contribution is -0.177. The number of rotatable bonds is 7. The summed E-state index contributed by atoms with van der Waals surface area (Å²) in [6.45, 7) is 10.4. The zero-order valence-electron chi connectivity index (χ0n) is 19.5. The van der Waals surface area contributed by atoms with Crippen LogP contribution in [-0.2, 0) is 9.53 Å². The Kier molecular flexibility index (Phi) is 7.29. The van der Waals surface area contributed by atoms with Gasteiger partial charge in [0.1, 0.15) is 6.10 Å². The predicted octanol–water partition coefficient (Wildman–Crippen LogP) is 5.40. The van der Waals surface area contributed by atoms with E-state index in [1.165, 1.54) is 0 Å². The number of benzene rings is 1. The molecule has 0 aliphatic heterocycles. The number of allylic oxidation sites excluding steroid dienone is 1. The number of carboxylic acids is 1. The van der Waals surface area contributed by atoms with Crippen LogP contribution in [0.2, 0.25) is 0 Å². The predicted molar refractivity (Wildman–Crippen MR) is 124 cm³/mol. The Bertz CT molecular complexity index is 889. The largest absolute Gasteiger partial charge is 0.481 e. The van der Waals surface area contributed by atoms with Gasteiger partial charge in [-0.3, -0.25) is 4.79 Å². The number of aliphatic carboxylic acids is 1. The Hall–Kier alpha value is -2.40. The highest BCUT2D eigenvalue weighted by Crippen LogP contribution is 2.62. The van der Waals surface area contributed by atoms with Crippen molar-refractivity contribution >= 4 is 11.9 Å². The molecule has 2 N–H and O–H groups in total. The Morgan fingerprint density at radius 1 is 1.22 bits per heavy atom. The van der Waals surface area contributed by atoms with E-state index < -0.39 is 23.5 Å². The van der Waals surface area contributed by atoms with Crippen LogP contribution < -0.4 is 0 Å². The van der Waals surface area contributed by atoms with Gasteiger partial charge in [-0.25, -0.2) is 4.79 Å². The molecule has 5 atom stereocenters. The molecule has 1 aromatic carbocycles. The zero-order valence-corrected chi connectivity index (χ0v) is 19.5. The summed E-state index contributed by atoms with van der Waals surface area (Å²) < 4.78 is 6.03. The monoisotopic (exact) mass is 440 g/mol. The number of fused-ring (bicyclic) bond motifs is 1. The Morgan fingerprint density at radius 3 is 2.53 bits per heavy atom. The molecule has 2 aliphatic rings. The second kappa shape index (κ2) is 9.62. The molecule has 2 fully saturated rings. The van der Waals surface area contributed by atoms with Gasteiger partial charge in [-0.1, -0.05) is 55.3 Å². The summed E-state index contributed by atoms with van der Waals surface area (Å²) in [5.41, 5.74) is 1.32. The molecule has 32 heavy (non-hydrogen) atoms. The van der Waals surface area contributed by atoms with Gasteiger partial charge in [0.15, 0.2) is 0 Å². The van der Waals surface area contributed by atoms with Crippen molar-refractivity contribution in [3.8, 4) is 0 Å². The average Bonchev–Trinajstić information content (AvgIpc) is 2.73. The van der Waals surface area contributed by atoms with Crippen LogP contribution in [0.5, 0.6) is 0 Å². The quantitative estimate of drug-likeness (QED) is 0.438. The first-order valence-electron chi connectivity index (χ1n) is 11.6. The second-order valence-corrected chi connectivity index (χ2v) is 10.1. The molecule has 5 heteroatoms. The fraction of sp³-hybridized carbons (Fsp3) is 0.556. The van der Waals surface area contributed by atoms with Gasteiger partial charge >= 0.3 is 11.9 Å². The molecule has 5 nitrogen and oxygen atoms in total. The molecule has 1 aromatic rings. The molecule has 0 spiro atoms. The first kappa shape index (κ1) is 24.2. The number of hydrogen-bond acceptors (Lipinski definition) is 4. The van der Waals surface area contributed by atoms with Crippen LogP contribution in [0.1, 0.15) is 69.7 Å². The van der Waals surface area contributed by atoms with Crippen molar-refractivity contribution in [1.29, 1.82) is 0 Å². The number of carbonyl (C=O) groups is 2. The third-order valence-electron chi connectivity index (χ3n) is 7.96. The molecule has 0 aromatic heterocycles. The molecule has 0 radical (unpaired) electrons. The van der Waals surface area contributed by atoms with Gasteiger partial charge in [-0.05, 0) is 63.0 Å². The molecule has 174 valence electrons. The van der Waals surface area contributed by atoms with Gasteiger partial charge in [-0.15, -0.1) is 0 Å². The fourth-order valence-corrected chi connectivity index (χ4v) is 6.38. The van der Waals surface area contributed by atoms with Crippen molar-refractivity contribution in [2.45, 2.75) is 65.4 Å². The summed E-state index contributed by atoms with van der Waals surface area (Å²) in [5, 5.41) is 19.5. The summed E-state index contributed by atoms with van der Waals surface area (Å²) in [4.78, 5) is 25.4. The Balaban J connectivity index is 1.96. The summed E-state index contributed by atoms with van der Waals surface area (Å²) in [6, 6.07) is 8.86. The normalized spacial score (nSPS) is 32.8. The molecule has 4 unspecified atom stereocenters. The minimum atomic E-state index is -0.969. The number of hydrogen-bond donors (Lipinski definition) is 2. The van der Waals surface area contributed by atoms with E-state index in [2.05, 4.69) is 13.5 Å². The average molecular weight is 441 g/mol. The molecule has 0 amide bonds. The maximum absolute atomic E-state index is 12.9. The Morgan fingerprint density at radius 2 is 1.91 bits per heavy atom. The number of aliphatic hydroxyl groups is 1. The van der Waals surface area contributed by atoms with Crippen molar-refractivity contribution in [2.75, 3.05) is 6.61 Å². The van der Waals surface area contributed by atoms with Crippen LogP contribution in [-0.4, -0.2) is 34.9 Å². The van der Waals surface area contributed by atoms with E-state index in [-0.39, 0.29) is 23.9 Å². The van der Waals surface area contributed by atoms with E-state index in [4.69, 9.17) is 4.74 Å². The smallest absolute Gasteiger partial charge is 0.338 e. The van der Waals surface area contributed by atoms with Crippen molar-refractivity contribution in [1.82, 2.24) is 0 Å². The van der Waals surface area contributed by atoms with Gasteiger partial charge in [0.25, 0.3) is 0 Å². The highest BCUT2D eigenvalue weighted by Gasteiger charge is 2.61. The number of esters is 1. The van der Waals surface area contributed by atoms with Crippen molar-refractivity contribution in [3.63, 3.8) is 0 Å². The summed E-state index contributed by atoms with van der Waals surface area (Å²) in [5.74, 6) is -1.40. The van der Waals surface area contributed by atoms with Gasteiger partial charge in [0.05, 0.1) is 17.6 Å². The lowest BCUT2D eigenvalue weighted by atomic mass is 9.45. The van der Waals surface area contributed by atoms with E-state index in [1.807, 2.05) is 26.0 Å². The highest BCUT2D eigenvalue weighted by atomic mass is 16.5. The van der Waals surface area contributed by atoms with Crippen molar-refractivity contribution < 1.29 is 24.5 Å². The van der Waals surface area contributed by atoms with Crippen LogP contribution >= 0.6 is 0 Å². The maximum atomic E-state index is 12.9. The van der Waals surface area contributed by atoms with Gasteiger partial charge in [-0.2, -0.15) is 0 Å². The van der Waals surface area contributed by atoms with E-state index >= 15 is 0 Å². The van der Waals surface area contributed by atoms with E-state index in [0.29, 0.717) is 18.4 Å².